The first-order valence-corrected chi connectivity index (χ1v) is 7.19. The Morgan fingerprint density at radius 2 is 1.76 bits per heavy atom. The van der Waals surface area contributed by atoms with Gasteiger partial charge >= 0.3 is 0 Å². The van der Waals surface area contributed by atoms with Crippen molar-refractivity contribution in [3.8, 4) is 11.4 Å². The molecular formula is C15H20FN5. The maximum Gasteiger partial charge on any atom is 0.230 e. The van der Waals surface area contributed by atoms with E-state index < -0.39 is 0 Å². The number of halogens is 1. The summed E-state index contributed by atoms with van der Waals surface area (Å²) in [4.78, 5) is 15.1. The normalized spacial score (nSPS) is 10.5. The van der Waals surface area contributed by atoms with Crippen molar-refractivity contribution < 1.29 is 4.39 Å². The van der Waals surface area contributed by atoms with Gasteiger partial charge in [0, 0.05) is 19.6 Å². The monoisotopic (exact) mass is 289 g/mol. The van der Waals surface area contributed by atoms with Crippen LogP contribution in [0.3, 0.4) is 0 Å². The number of nitrogens with zero attached hydrogens (tertiary/aromatic N) is 4. The van der Waals surface area contributed by atoms with Crippen LogP contribution in [0.5, 0.6) is 0 Å². The average molecular weight is 289 g/mol. The first-order chi connectivity index (χ1) is 10.2. The Labute approximate surface area is 124 Å². The molecule has 0 aliphatic heterocycles. The zero-order chi connectivity index (χ0) is 15.2. The Balaban J connectivity index is 2.52. The molecule has 0 saturated carbocycles. The smallest absolute Gasteiger partial charge is 0.230 e. The van der Waals surface area contributed by atoms with Crippen LogP contribution in [0.15, 0.2) is 24.3 Å². The summed E-state index contributed by atoms with van der Waals surface area (Å²) in [5.41, 5.74) is 0.382. The van der Waals surface area contributed by atoms with Gasteiger partial charge in [0.1, 0.15) is 5.82 Å². The van der Waals surface area contributed by atoms with Gasteiger partial charge in [0.25, 0.3) is 0 Å². The standard InChI is InChI=1S/C15H20FN5/c1-4-17-14-18-13(11-9-7-8-10-12(11)16)19-15(20-14)21(5-2)6-3/h7-10H,4-6H2,1-3H3,(H,17,18,19,20). The van der Waals surface area contributed by atoms with Crippen molar-refractivity contribution in [1.29, 1.82) is 0 Å². The van der Waals surface area contributed by atoms with Gasteiger partial charge in [-0.3, -0.25) is 0 Å². The van der Waals surface area contributed by atoms with Gasteiger partial charge in [-0.1, -0.05) is 12.1 Å². The third-order valence-electron chi connectivity index (χ3n) is 3.12. The van der Waals surface area contributed by atoms with Crippen molar-refractivity contribution in [1.82, 2.24) is 15.0 Å². The number of hydrogen-bond acceptors (Lipinski definition) is 5. The topological polar surface area (TPSA) is 53.9 Å². The number of benzene rings is 1. The lowest BCUT2D eigenvalue weighted by atomic mass is 10.2. The quantitative estimate of drug-likeness (QED) is 0.886. The number of rotatable bonds is 6. The van der Waals surface area contributed by atoms with E-state index >= 15 is 0 Å². The van der Waals surface area contributed by atoms with Crippen LogP contribution in [-0.2, 0) is 0 Å². The molecule has 5 nitrogen and oxygen atoms in total. The van der Waals surface area contributed by atoms with Crippen LogP contribution in [0.4, 0.5) is 16.3 Å². The van der Waals surface area contributed by atoms with Gasteiger partial charge in [-0.25, -0.2) is 4.39 Å². The molecule has 0 aliphatic carbocycles. The lowest BCUT2D eigenvalue weighted by Crippen LogP contribution is -2.25. The predicted octanol–water partition coefficient (Wildman–Crippen LogP) is 2.96. The van der Waals surface area contributed by atoms with Crippen molar-refractivity contribution in [2.45, 2.75) is 20.8 Å². The highest BCUT2D eigenvalue weighted by molar-refractivity contribution is 5.59. The van der Waals surface area contributed by atoms with Crippen molar-refractivity contribution in [2.24, 2.45) is 0 Å². The molecule has 0 bridgehead atoms. The van der Waals surface area contributed by atoms with Crippen molar-refractivity contribution in [2.75, 3.05) is 29.9 Å². The first kappa shape index (κ1) is 15.2. The summed E-state index contributed by atoms with van der Waals surface area (Å²) < 4.78 is 14.0. The largest absolute Gasteiger partial charge is 0.354 e. The molecule has 1 N–H and O–H groups in total. The average Bonchev–Trinajstić information content (AvgIpc) is 2.49. The molecule has 6 heteroatoms. The van der Waals surface area contributed by atoms with Gasteiger partial charge < -0.3 is 10.2 Å². The Hall–Kier alpha value is -2.24. The molecule has 1 aromatic heterocycles. The highest BCUT2D eigenvalue weighted by Gasteiger charge is 2.14. The highest BCUT2D eigenvalue weighted by atomic mass is 19.1. The van der Waals surface area contributed by atoms with Crippen molar-refractivity contribution in [3.63, 3.8) is 0 Å². The molecule has 2 aromatic rings. The van der Waals surface area contributed by atoms with Crippen LogP contribution in [0.2, 0.25) is 0 Å². The molecule has 0 atom stereocenters. The Kier molecular flexibility index (Phi) is 5.03. The summed E-state index contributed by atoms with van der Waals surface area (Å²) in [6, 6.07) is 6.50. The first-order valence-electron chi connectivity index (χ1n) is 7.19. The van der Waals surface area contributed by atoms with Crippen LogP contribution in [-0.4, -0.2) is 34.6 Å². The van der Waals surface area contributed by atoms with Gasteiger partial charge in [0.05, 0.1) is 5.56 Å². The zero-order valence-corrected chi connectivity index (χ0v) is 12.6. The van der Waals surface area contributed by atoms with Crippen LogP contribution >= 0.6 is 0 Å². The van der Waals surface area contributed by atoms with Crippen molar-refractivity contribution >= 4 is 11.9 Å². The lowest BCUT2D eigenvalue weighted by Gasteiger charge is -2.19. The molecular weight excluding hydrogens is 269 g/mol. The molecule has 112 valence electrons. The van der Waals surface area contributed by atoms with E-state index in [0.29, 0.717) is 29.8 Å². The number of aromatic nitrogens is 3. The Bertz CT molecular complexity index is 598. The Morgan fingerprint density at radius 1 is 1.05 bits per heavy atom. The minimum absolute atomic E-state index is 0.336. The van der Waals surface area contributed by atoms with Gasteiger partial charge in [-0.15, -0.1) is 0 Å². The predicted molar refractivity (Wildman–Crippen MR) is 82.9 cm³/mol. The number of hydrogen-bond donors (Lipinski definition) is 1. The summed E-state index contributed by atoms with van der Waals surface area (Å²) in [6.45, 7) is 8.28. The second-order valence-electron chi connectivity index (χ2n) is 4.47. The molecule has 0 aliphatic rings. The maximum atomic E-state index is 14.0. The molecule has 21 heavy (non-hydrogen) atoms. The fourth-order valence-electron chi connectivity index (χ4n) is 2.01. The van der Waals surface area contributed by atoms with Crippen LogP contribution in [0.1, 0.15) is 20.8 Å². The van der Waals surface area contributed by atoms with E-state index in [-0.39, 0.29) is 5.82 Å². The van der Waals surface area contributed by atoms with Crippen LogP contribution in [0.25, 0.3) is 11.4 Å². The molecule has 0 amide bonds. The summed E-state index contributed by atoms with van der Waals surface area (Å²) in [6.07, 6.45) is 0. The minimum atomic E-state index is -0.336. The van der Waals surface area contributed by atoms with E-state index in [1.165, 1.54) is 6.07 Å². The SMILES string of the molecule is CCNc1nc(-c2ccccc2F)nc(N(CC)CC)n1. The molecule has 0 saturated heterocycles. The fraction of sp³-hybridized carbons (Fsp3) is 0.400. The maximum absolute atomic E-state index is 14.0. The van der Waals surface area contributed by atoms with E-state index in [1.54, 1.807) is 18.2 Å². The van der Waals surface area contributed by atoms with Crippen molar-refractivity contribution in [3.05, 3.63) is 30.1 Å². The van der Waals surface area contributed by atoms with E-state index in [1.807, 2.05) is 25.7 Å². The molecule has 0 spiro atoms. The zero-order valence-electron chi connectivity index (χ0n) is 12.6. The molecule has 0 radical (unpaired) electrons. The highest BCUT2D eigenvalue weighted by Crippen LogP contribution is 2.22. The summed E-state index contributed by atoms with van der Waals surface area (Å²) in [7, 11) is 0. The molecule has 2 rings (SSSR count). The second kappa shape index (κ2) is 6.97. The molecule has 1 heterocycles. The van der Waals surface area contributed by atoms with Gasteiger partial charge in [-0.2, -0.15) is 15.0 Å². The lowest BCUT2D eigenvalue weighted by molar-refractivity contribution is 0.629. The van der Waals surface area contributed by atoms with E-state index in [2.05, 4.69) is 20.3 Å². The molecule has 0 unspecified atom stereocenters. The van der Waals surface area contributed by atoms with Gasteiger partial charge in [0.2, 0.25) is 11.9 Å². The van der Waals surface area contributed by atoms with E-state index in [9.17, 15) is 4.39 Å². The molecule has 1 aromatic carbocycles. The van der Waals surface area contributed by atoms with Gasteiger partial charge in [0.15, 0.2) is 5.82 Å². The third-order valence-corrected chi connectivity index (χ3v) is 3.12. The van der Waals surface area contributed by atoms with E-state index in [4.69, 9.17) is 0 Å². The number of anilines is 2. The van der Waals surface area contributed by atoms with Crippen LogP contribution in [0, 0.1) is 5.82 Å². The fourth-order valence-corrected chi connectivity index (χ4v) is 2.01. The summed E-state index contributed by atoms with van der Waals surface area (Å²) in [5.74, 6) is 1.04. The second-order valence-corrected chi connectivity index (χ2v) is 4.47. The van der Waals surface area contributed by atoms with Crippen LogP contribution < -0.4 is 10.2 Å². The summed E-state index contributed by atoms with van der Waals surface area (Å²) >= 11 is 0. The summed E-state index contributed by atoms with van der Waals surface area (Å²) in [5, 5.41) is 3.07. The van der Waals surface area contributed by atoms with Gasteiger partial charge in [-0.05, 0) is 32.9 Å². The minimum Gasteiger partial charge on any atom is -0.354 e. The van der Waals surface area contributed by atoms with E-state index in [0.717, 1.165) is 13.1 Å². The number of nitrogens with one attached hydrogen (secondary N) is 1. The Morgan fingerprint density at radius 3 is 2.38 bits per heavy atom. The molecule has 0 fully saturated rings. The third kappa shape index (κ3) is 3.45.